The predicted octanol–water partition coefficient (Wildman–Crippen LogP) is 6.40. The van der Waals surface area contributed by atoms with Gasteiger partial charge in [0.25, 0.3) is 0 Å². The maximum Gasteiger partial charge on any atom is 0.244 e. The van der Waals surface area contributed by atoms with E-state index in [1.54, 1.807) is 4.90 Å². The quantitative estimate of drug-likeness (QED) is 0.231. The Hall–Kier alpha value is -3.65. The molecule has 4 saturated carbocycles. The summed E-state index contributed by atoms with van der Waals surface area (Å²) < 4.78 is 27.8. The van der Waals surface area contributed by atoms with Crippen LogP contribution >= 0.6 is 0 Å². The van der Waals surface area contributed by atoms with E-state index < -0.39 is 28.5 Å². The summed E-state index contributed by atoms with van der Waals surface area (Å²) >= 11 is 0. The van der Waals surface area contributed by atoms with Crippen molar-refractivity contribution in [1.29, 1.82) is 0 Å². The van der Waals surface area contributed by atoms with E-state index in [-0.39, 0.29) is 17.9 Å². The average Bonchev–Trinajstić information content (AvgIpc) is 3.03. The van der Waals surface area contributed by atoms with Crippen LogP contribution in [0.4, 0.5) is 5.69 Å². The Morgan fingerprint density at radius 1 is 0.872 bits per heavy atom. The van der Waals surface area contributed by atoms with Crippen molar-refractivity contribution in [2.45, 2.75) is 83.2 Å². The van der Waals surface area contributed by atoms with E-state index in [1.165, 1.54) is 48.4 Å². The van der Waals surface area contributed by atoms with Crippen LogP contribution in [0.2, 0.25) is 0 Å². The van der Waals surface area contributed by atoms with Crippen LogP contribution in [0.25, 0.3) is 0 Å². The van der Waals surface area contributed by atoms with Gasteiger partial charge in [0.1, 0.15) is 12.6 Å². The van der Waals surface area contributed by atoms with Crippen molar-refractivity contribution in [3.63, 3.8) is 0 Å². The molecule has 4 aliphatic carbocycles. The minimum atomic E-state index is -3.82. The Morgan fingerprint density at radius 2 is 1.49 bits per heavy atom. The number of nitrogens with zero attached hydrogens (tertiary/aromatic N) is 2. The number of benzene rings is 3. The lowest BCUT2D eigenvalue weighted by molar-refractivity contribution is -0.140. The van der Waals surface area contributed by atoms with Crippen molar-refractivity contribution in [2.75, 3.05) is 23.7 Å². The van der Waals surface area contributed by atoms with Crippen LogP contribution in [0, 0.1) is 24.7 Å². The minimum Gasteiger partial charge on any atom is -0.354 e. The third-order valence-corrected chi connectivity index (χ3v) is 11.9. The smallest absolute Gasteiger partial charge is 0.244 e. The van der Waals surface area contributed by atoms with Crippen LogP contribution < -0.4 is 9.62 Å². The molecule has 0 saturated heterocycles. The second-order valence-electron chi connectivity index (χ2n) is 14.5. The van der Waals surface area contributed by atoms with Gasteiger partial charge in [-0.3, -0.25) is 13.9 Å². The largest absolute Gasteiger partial charge is 0.354 e. The summed E-state index contributed by atoms with van der Waals surface area (Å²) in [4.78, 5) is 29.7. The number of nitrogens with one attached hydrogen (secondary N) is 1. The Bertz CT molecular complexity index is 1640. The van der Waals surface area contributed by atoms with Gasteiger partial charge in [0.05, 0.1) is 11.9 Å². The first kappa shape index (κ1) is 33.3. The zero-order valence-electron chi connectivity index (χ0n) is 28.0. The molecule has 250 valence electrons. The minimum absolute atomic E-state index is 0.181. The van der Waals surface area contributed by atoms with Crippen LogP contribution in [0.3, 0.4) is 0 Å². The van der Waals surface area contributed by atoms with Gasteiger partial charge in [-0.15, -0.1) is 0 Å². The highest BCUT2D eigenvalue weighted by molar-refractivity contribution is 7.92. The number of carbonyl (C=O) groups excluding carboxylic acids is 2. The summed E-state index contributed by atoms with van der Waals surface area (Å²) in [5, 5.41) is 3.00. The Labute approximate surface area is 280 Å². The zero-order chi connectivity index (χ0) is 33.2. The van der Waals surface area contributed by atoms with Crippen molar-refractivity contribution >= 4 is 27.5 Å². The highest BCUT2D eigenvalue weighted by atomic mass is 32.2. The number of rotatable bonds is 13. The molecule has 4 fully saturated rings. The van der Waals surface area contributed by atoms with Crippen molar-refractivity contribution in [3.05, 3.63) is 101 Å². The maximum absolute atomic E-state index is 14.4. The zero-order valence-corrected chi connectivity index (χ0v) is 28.8. The van der Waals surface area contributed by atoms with Gasteiger partial charge in [-0.2, -0.15) is 0 Å². The van der Waals surface area contributed by atoms with E-state index in [4.69, 9.17) is 0 Å². The van der Waals surface area contributed by atoms with Gasteiger partial charge < -0.3 is 10.2 Å². The van der Waals surface area contributed by atoms with Gasteiger partial charge in [-0.25, -0.2) is 8.42 Å². The van der Waals surface area contributed by atoms with Crippen LogP contribution in [0.1, 0.15) is 74.1 Å². The second-order valence-corrected chi connectivity index (χ2v) is 16.4. The lowest BCUT2D eigenvalue weighted by atomic mass is 9.48. The monoisotopic (exact) mass is 655 g/mol. The summed E-state index contributed by atoms with van der Waals surface area (Å²) in [6.07, 6.45) is 9.99. The van der Waals surface area contributed by atoms with Gasteiger partial charge in [0.2, 0.25) is 21.8 Å². The van der Waals surface area contributed by atoms with E-state index >= 15 is 0 Å². The third kappa shape index (κ3) is 7.58. The van der Waals surface area contributed by atoms with Crippen LogP contribution in [0.5, 0.6) is 0 Å². The average molecular weight is 656 g/mol. The molecule has 8 heteroatoms. The summed E-state index contributed by atoms with van der Waals surface area (Å²) in [5.41, 5.74) is 4.82. The van der Waals surface area contributed by atoms with Gasteiger partial charge >= 0.3 is 0 Å². The van der Waals surface area contributed by atoms with E-state index in [9.17, 15) is 18.0 Å². The number of aryl methyl sites for hydroxylation is 1. The number of amides is 2. The van der Waals surface area contributed by atoms with Crippen LogP contribution in [-0.2, 0) is 38.0 Å². The molecular weight excluding hydrogens is 607 g/mol. The fourth-order valence-corrected chi connectivity index (χ4v) is 9.84. The molecule has 4 bridgehead atoms. The van der Waals surface area contributed by atoms with Crippen LogP contribution in [0.15, 0.2) is 78.9 Å². The van der Waals surface area contributed by atoms with E-state index in [0.29, 0.717) is 18.7 Å². The molecule has 1 atom stereocenters. The highest BCUT2D eigenvalue weighted by Gasteiger charge is 2.51. The highest BCUT2D eigenvalue weighted by Crippen LogP contribution is 2.60. The molecule has 4 aliphatic rings. The molecule has 3 aromatic rings. The number of hydrogen-bond acceptors (Lipinski definition) is 4. The van der Waals surface area contributed by atoms with Crippen molar-refractivity contribution in [3.8, 4) is 0 Å². The van der Waals surface area contributed by atoms with Crippen molar-refractivity contribution < 1.29 is 18.0 Å². The summed E-state index contributed by atoms with van der Waals surface area (Å²) in [6, 6.07) is 24.7. The first-order valence-electron chi connectivity index (χ1n) is 17.3. The molecule has 0 aromatic heterocycles. The normalized spacial score (nSPS) is 23.7. The van der Waals surface area contributed by atoms with E-state index in [0.717, 1.165) is 47.1 Å². The number of carbonyl (C=O) groups is 2. The fraction of sp³-hybridized carbons (Fsp3) is 0.487. The predicted molar refractivity (Wildman–Crippen MR) is 187 cm³/mol. The molecule has 7 rings (SSSR count). The molecule has 0 aliphatic heterocycles. The van der Waals surface area contributed by atoms with Gasteiger partial charge in [-0.1, -0.05) is 79.2 Å². The molecular formula is C39H49N3O4S. The van der Waals surface area contributed by atoms with E-state index in [1.807, 2.05) is 80.6 Å². The standard InChI is InChI=1S/C39H49N3O4S/c1-4-17-40-38(44)36(22-29-10-6-5-7-11-29)41(26-30-12-8-9-28(2)18-30)37(43)27-42(47(3,45)46)35-15-13-34(14-16-35)39-23-31-19-32(24-39)21-33(20-31)25-39/h5-16,18,31-33,36H,4,17,19-27H2,1-3H3,(H,40,44)/t31?,32?,33?,36-,39?/m1/s1. The fourth-order valence-electron chi connectivity index (χ4n) is 8.99. The molecule has 3 aromatic carbocycles. The lowest BCUT2D eigenvalue weighted by Crippen LogP contribution is -2.53. The Balaban J connectivity index is 1.30. The molecule has 0 spiro atoms. The molecule has 0 unspecified atom stereocenters. The first-order valence-corrected chi connectivity index (χ1v) is 19.1. The molecule has 2 amide bonds. The Kier molecular flexibility index (Phi) is 9.79. The summed E-state index contributed by atoms with van der Waals surface area (Å²) in [5.74, 6) is 1.76. The molecule has 0 heterocycles. The first-order chi connectivity index (χ1) is 22.5. The summed E-state index contributed by atoms with van der Waals surface area (Å²) in [6.45, 7) is 4.25. The third-order valence-electron chi connectivity index (χ3n) is 10.7. The second kappa shape index (κ2) is 13.8. The van der Waals surface area contributed by atoms with Crippen molar-refractivity contribution in [1.82, 2.24) is 10.2 Å². The maximum atomic E-state index is 14.4. The number of anilines is 1. The number of hydrogen-bond donors (Lipinski definition) is 1. The Morgan fingerprint density at radius 3 is 2.06 bits per heavy atom. The SMILES string of the molecule is CCCNC(=O)[C@@H](Cc1ccccc1)N(Cc1cccc(C)c1)C(=O)CN(c1ccc(C23CC4CC(CC(C4)C2)C3)cc1)S(C)(=O)=O. The van der Waals surface area contributed by atoms with Gasteiger partial charge in [-0.05, 0) is 104 Å². The van der Waals surface area contributed by atoms with E-state index in [2.05, 4.69) is 17.4 Å². The molecule has 7 nitrogen and oxygen atoms in total. The molecule has 1 N–H and O–H groups in total. The number of sulfonamides is 1. The summed E-state index contributed by atoms with van der Waals surface area (Å²) in [7, 11) is -3.82. The van der Waals surface area contributed by atoms with Crippen LogP contribution in [-0.4, -0.2) is 50.5 Å². The molecule has 47 heavy (non-hydrogen) atoms. The van der Waals surface area contributed by atoms with Gasteiger partial charge in [0.15, 0.2) is 0 Å². The topological polar surface area (TPSA) is 86.8 Å². The lowest BCUT2D eigenvalue weighted by Gasteiger charge is -2.57. The molecule has 0 radical (unpaired) electrons. The van der Waals surface area contributed by atoms with Gasteiger partial charge in [0, 0.05) is 19.5 Å². The van der Waals surface area contributed by atoms with Crippen molar-refractivity contribution in [2.24, 2.45) is 17.8 Å².